The quantitative estimate of drug-likeness (QED) is 0.479. The van der Waals surface area contributed by atoms with Crippen molar-refractivity contribution in [2.24, 2.45) is 5.10 Å². The van der Waals surface area contributed by atoms with E-state index in [4.69, 9.17) is 14.2 Å². The van der Waals surface area contributed by atoms with E-state index in [1.54, 1.807) is 13.2 Å². The molecular weight excluding hydrogens is 412 g/mol. The highest BCUT2D eigenvalue weighted by molar-refractivity contribution is 9.10. The van der Waals surface area contributed by atoms with Gasteiger partial charge < -0.3 is 14.2 Å². The first kappa shape index (κ1) is 20.8. The molecule has 0 atom stereocenters. The Morgan fingerprint density at radius 3 is 2.56 bits per heavy atom. The van der Waals surface area contributed by atoms with Crippen molar-refractivity contribution in [1.82, 2.24) is 5.43 Å². The van der Waals surface area contributed by atoms with Crippen molar-refractivity contribution in [2.45, 2.75) is 20.3 Å². The number of ether oxygens (including phenoxy) is 3. The molecule has 7 heteroatoms. The lowest BCUT2D eigenvalue weighted by molar-refractivity contribution is -0.123. The molecule has 0 bridgehead atoms. The lowest BCUT2D eigenvalue weighted by Gasteiger charge is -2.12. The topological polar surface area (TPSA) is 69.2 Å². The Morgan fingerprint density at radius 1 is 1.19 bits per heavy atom. The standard InChI is InChI=1S/C20H23BrN2O4/c1-4-14-6-8-16(9-7-14)27-13-19(24)23-22-12-15-10-17(21)20(26-5-2)18(11-15)25-3/h6-12H,4-5,13H2,1-3H3,(H,23,24)/b22-12+. The predicted octanol–water partition coefficient (Wildman–Crippen LogP) is 3.95. The van der Waals surface area contributed by atoms with E-state index in [0.29, 0.717) is 23.9 Å². The molecule has 2 aromatic rings. The lowest BCUT2D eigenvalue weighted by atomic mass is 10.2. The number of nitrogens with one attached hydrogen (secondary N) is 1. The first-order chi connectivity index (χ1) is 13.1. The van der Waals surface area contributed by atoms with Gasteiger partial charge in [-0.2, -0.15) is 5.10 Å². The summed E-state index contributed by atoms with van der Waals surface area (Å²) in [5.41, 5.74) is 4.40. The number of nitrogens with zero attached hydrogens (tertiary/aromatic N) is 1. The van der Waals surface area contributed by atoms with Crippen LogP contribution in [0.3, 0.4) is 0 Å². The maximum atomic E-state index is 11.9. The van der Waals surface area contributed by atoms with Crippen molar-refractivity contribution >= 4 is 28.1 Å². The number of hydrazone groups is 1. The van der Waals surface area contributed by atoms with Gasteiger partial charge in [-0.25, -0.2) is 5.43 Å². The number of methoxy groups -OCH3 is 1. The van der Waals surface area contributed by atoms with Crippen LogP contribution < -0.4 is 19.6 Å². The van der Waals surface area contributed by atoms with Gasteiger partial charge in [-0.15, -0.1) is 0 Å². The van der Waals surface area contributed by atoms with Gasteiger partial charge in [0.25, 0.3) is 5.91 Å². The first-order valence-corrected chi connectivity index (χ1v) is 9.40. The van der Waals surface area contributed by atoms with Crippen LogP contribution in [0.4, 0.5) is 0 Å². The normalized spacial score (nSPS) is 10.7. The molecule has 0 unspecified atom stereocenters. The highest BCUT2D eigenvalue weighted by Crippen LogP contribution is 2.36. The van der Waals surface area contributed by atoms with E-state index in [-0.39, 0.29) is 12.5 Å². The third kappa shape index (κ3) is 6.29. The molecule has 144 valence electrons. The zero-order valence-electron chi connectivity index (χ0n) is 15.6. The number of aryl methyl sites for hydroxylation is 1. The van der Waals surface area contributed by atoms with Gasteiger partial charge in [-0.3, -0.25) is 4.79 Å². The number of benzene rings is 2. The minimum atomic E-state index is -0.345. The second-order valence-electron chi connectivity index (χ2n) is 5.55. The molecule has 6 nitrogen and oxygen atoms in total. The molecule has 2 rings (SSSR count). The Kier molecular flexibility index (Phi) is 8.13. The number of carbonyl (C=O) groups is 1. The Balaban J connectivity index is 1.90. The van der Waals surface area contributed by atoms with Crippen LogP contribution in [0.2, 0.25) is 0 Å². The second-order valence-corrected chi connectivity index (χ2v) is 6.40. The van der Waals surface area contributed by atoms with Crippen molar-refractivity contribution in [3.05, 3.63) is 52.0 Å². The van der Waals surface area contributed by atoms with Crippen molar-refractivity contribution in [1.29, 1.82) is 0 Å². The van der Waals surface area contributed by atoms with Crippen LogP contribution in [0.15, 0.2) is 46.0 Å². The van der Waals surface area contributed by atoms with E-state index in [0.717, 1.165) is 16.5 Å². The molecule has 0 radical (unpaired) electrons. The van der Waals surface area contributed by atoms with Crippen LogP contribution in [-0.4, -0.2) is 32.4 Å². The van der Waals surface area contributed by atoms with Crippen LogP contribution in [0.1, 0.15) is 25.0 Å². The van der Waals surface area contributed by atoms with E-state index in [1.165, 1.54) is 11.8 Å². The monoisotopic (exact) mass is 434 g/mol. The maximum Gasteiger partial charge on any atom is 0.277 e. The van der Waals surface area contributed by atoms with E-state index in [2.05, 4.69) is 33.4 Å². The lowest BCUT2D eigenvalue weighted by Crippen LogP contribution is -2.24. The van der Waals surface area contributed by atoms with Gasteiger partial charge in [0, 0.05) is 0 Å². The molecule has 0 spiro atoms. The zero-order chi connectivity index (χ0) is 19.6. The van der Waals surface area contributed by atoms with E-state index >= 15 is 0 Å². The van der Waals surface area contributed by atoms with Crippen molar-refractivity contribution in [3.8, 4) is 17.2 Å². The average Bonchev–Trinajstić information content (AvgIpc) is 2.68. The van der Waals surface area contributed by atoms with Gasteiger partial charge in [0.15, 0.2) is 18.1 Å². The summed E-state index contributed by atoms with van der Waals surface area (Å²) >= 11 is 3.45. The van der Waals surface area contributed by atoms with Gasteiger partial charge in [-0.05, 0) is 64.7 Å². The summed E-state index contributed by atoms with van der Waals surface area (Å²) in [6.07, 6.45) is 2.48. The summed E-state index contributed by atoms with van der Waals surface area (Å²) in [6, 6.07) is 11.2. The van der Waals surface area contributed by atoms with E-state index in [1.807, 2.05) is 37.3 Å². The highest BCUT2D eigenvalue weighted by atomic mass is 79.9. The van der Waals surface area contributed by atoms with Crippen molar-refractivity contribution < 1.29 is 19.0 Å². The fraction of sp³-hybridized carbons (Fsp3) is 0.300. The summed E-state index contributed by atoms with van der Waals surface area (Å²) in [4.78, 5) is 11.9. The van der Waals surface area contributed by atoms with Crippen molar-refractivity contribution in [2.75, 3.05) is 20.3 Å². The third-order valence-electron chi connectivity index (χ3n) is 3.64. The molecule has 0 aliphatic carbocycles. The van der Waals surface area contributed by atoms with Crippen LogP contribution in [0.5, 0.6) is 17.2 Å². The average molecular weight is 435 g/mol. The Morgan fingerprint density at radius 2 is 1.93 bits per heavy atom. The number of hydrogen-bond acceptors (Lipinski definition) is 5. The zero-order valence-corrected chi connectivity index (χ0v) is 17.2. The fourth-order valence-electron chi connectivity index (χ4n) is 2.28. The number of halogens is 1. The summed E-state index contributed by atoms with van der Waals surface area (Å²) in [5, 5.41) is 3.95. The highest BCUT2D eigenvalue weighted by Gasteiger charge is 2.10. The molecular formula is C20H23BrN2O4. The van der Waals surface area contributed by atoms with Gasteiger partial charge in [0.05, 0.1) is 24.4 Å². The molecule has 0 aliphatic rings. The molecule has 1 N–H and O–H groups in total. The minimum absolute atomic E-state index is 0.112. The second kappa shape index (κ2) is 10.6. The molecule has 0 heterocycles. The fourth-order valence-corrected chi connectivity index (χ4v) is 2.85. The van der Waals surface area contributed by atoms with Gasteiger partial charge >= 0.3 is 0 Å². The van der Waals surface area contributed by atoms with Gasteiger partial charge in [-0.1, -0.05) is 19.1 Å². The maximum absolute atomic E-state index is 11.9. The molecule has 0 aliphatic heterocycles. The van der Waals surface area contributed by atoms with Gasteiger partial charge in [0.1, 0.15) is 5.75 Å². The number of rotatable bonds is 9. The van der Waals surface area contributed by atoms with Crippen LogP contribution in [0.25, 0.3) is 0 Å². The summed E-state index contributed by atoms with van der Waals surface area (Å²) in [6.45, 7) is 4.40. The van der Waals surface area contributed by atoms with E-state index < -0.39 is 0 Å². The summed E-state index contributed by atoms with van der Waals surface area (Å²) < 4.78 is 17.1. The SMILES string of the molecule is CCOc1c(Br)cc(/C=N/NC(=O)COc2ccc(CC)cc2)cc1OC. The third-order valence-corrected chi connectivity index (χ3v) is 4.23. The number of hydrogen-bond donors (Lipinski definition) is 1. The molecule has 27 heavy (non-hydrogen) atoms. The van der Waals surface area contributed by atoms with Crippen LogP contribution >= 0.6 is 15.9 Å². The van der Waals surface area contributed by atoms with Crippen LogP contribution in [-0.2, 0) is 11.2 Å². The molecule has 0 saturated heterocycles. The summed E-state index contributed by atoms with van der Waals surface area (Å²) in [5.74, 6) is 1.51. The van der Waals surface area contributed by atoms with Crippen LogP contribution in [0, 0.1) is 0 Å². The summed E-state index contributed by atoms with van der Waals surface area (Å²) in [7, 11) is 1.57. The molecule has 2 aromatic carbocycles. The number of amides is 1. The minimum Gasteiger partial charge on any atom is -0.493 e. The largest absolute Gasteiger partial charge is 0.493 e. The molecule has 0 aromatic heterocycles. The van der Waals surface area contributed by atoms with Gasteiger partial charge in [0.2, 0.25) is 0 Å². The molecule has 0 saturated carbocycles. The smallest absolute Gasteiger partial charge is 0.277 e. The molecule has 1 amide bonds. The first-order valence-electron chi connectivity index (χ1n) is 8.61. The number of carbonyl (C=O) groups excluding carboxylic acids is 1. The predicted molar refractivity (Wildman–Crippen MR) is 109 cm³/mol. The van der Waals surface area contributed by atoms with E-state index in [9.17, 15) is 4.79 Å². The Hall–Kier alpha value is -2.54. The molecule has 0 fully saturated rings. The Bertz CT molecular complexity index is 791. The Labute approximate surface area is 167 Å². The van der Waals surface area contributed by atoms with Crippen molar-refractivity contribution in [3.63, 3.8) is 0 Å².